The smallest absolute Gasteiger partial charge is 0.257 e. The van der Waals surface area contributed by atoms with E-state index in [1.165, 1.54) is 6.20 Å². The highest BCUT2D eigenvalue weighted by molar-refractivity contribution is 5.98. The summed E-state index contributed by atoms with van der Waals surface area (Å²) in [6.07, 6.45) is 2.93. The summed E-state index contributed by atoms with van der Waals surface area (Å²) >= 11 is 0. The highest BCUT2D eigenvalue weighted by atomic mass is 16.5. The standard InChI is InChI=1S/C26H24N4O5/c1-2-34-18-7-9-19(10-8-18)35-24-13-17(11-12-27-24)14-29-23(31)16-30-26(33)21-15-28-22-6-4-3-5-20(22)25(21)32/h3-13,15H,2,14,16H2,1H3,(H,28,32)(H,29,31)(H,30,33). The first-order valence-electron chi connectivity index (χ1n) is 11.0. The molecule has 0 aliphatic heterocycles. The molecular formula is C26H24N4O5. The molecule has 4 rings (SSSR count). The number of pyridine rings is 2. The molecule has 0 fully saturated rings. The van der Waals surface area contributed by atoms with Gasteiger partial charge in [-0.3, -0.25) is 14.4 Å². The van der Waals surface area contributed by atoms with Crippen molar-refractivity contribution >= 4 is 22.7 Å². The predicted molar refractivity (Wildman–Crippen MR) is 131 cm³/mol. The van der Waals surface area contributed by atoms with Crippen molar-refractivity contribution in [3.05, 3.63) is 94.4 Å². The van der Waals surface area contributed by atoms with Gasteiger partial charge in [-0.05, 0) is 55.0 Å². The van der Waals surface area contributed by atoms with Gasteiger partial charge in [-0.2, -0.15) is 0 Å². The summed E-state index contributed by atoms with van der Waals surface area (Å²) in [4.78, 5) is 44.3. The molecule has 2 heterocycles. The first-order chi connectivity index (χ1) is 17.0. The number of hydrogen-bond donors (Lipinski definition) is 3. The maximum atomic E-state index is 12.5. The third kappa shape index (κ3) is 6.02. The van der Waals surface area contributed by atoms with E-state index in [0.29, 0.717) is 29.1 Å². The molecule has 2 amide bonds. The van der Waals surface area contributed by atoms with Crippen molar-refractivity contribution in [2.45, 2.75) is 13.5 Å². The van der Waals surface area contributed by atoms with Crippen LogP contribution in [0.4, 0.5) is 0 Å². The number of para-hydroxylation sites is 1. The number of aromatic nitrogens is 2. The Hall–Kier alpha value is -4.66. The molecule has 9 heteroatoms. The van der Waals surface area contributed by atoms with Crippen LogP contribution in [-0.2, 0) is 11.3 Å². The monoisotopic (exact) mass is 472 g/mol. The number of H-pyrrole nitrogens is 1. The van der Waals surface area contributed by atoms with E-state index in [9.17, 15) is 14.4 Å². The van der Waals surface area contributed by atoms with E-state index in [1.54, 1.807) is 54.7 Å². The van der Waals surface area contributed by atoms with Gasteiger partial charge in [0.15, 0.2) is 0 Å². The molecule has 0 spiro atoms. The molecule has 178 valence electrons. The number of hydrogen-bond acceptors (Lipinski definition) is 6. The molecule has 0 atom stereocenters. The van der Waals surface area contributed by atoms with E-state index in [0.717, 1.165) is 11.3 Å². The number of nitrogens with one attached hydrogen (secondary N) is 3. The van der Waals surface area contributed by atoms with E-state index in [-0.39, 0.29) is 18.7 Å². The number of amides is 2. The quantitative estimate of drug-likeness (QED) is 0.344. The molecule has 35 heavy (non-hydrogen) atoms. The summed E-state index contributed by atoms with van der Waals surface area (Å²) in [6, 6.07) is 17.5. The van der Waals surface area contributed by atoms with Gasteiger partial charge < -0.3 is 25.1 Å². The van der Waals surface area contributed by atoms with Crippen molar-refractivity contribution in [3.63, 3.8) is 0 Å². The Bertz CT molecular complexity index is 1400. The Labute approximate surface area is 201 Å². The fraction of sp³-hybridized carbons (Fsp3) is 0.154. The lowest BCUT2D eigenvalue weighted by Crippen LogP contribution is -2.38. The van der Waals surface area contributed by atoms with Crippen molar-refractivity contribution in [2.24, 2.45) is 0 Å². The van der Waals surface area contributed by atoms with Crippen LogP contribution in [0.15, 0.2) is 77.9 Å². The van der Waals surface area contributed by atoms with Crippen LogP contribution >= 0.6 is 0 Å². The van der Waals surface area contributed by atoms with Crippen molar-refractivity contribution in [2.75, 3.05) is 13.2 Å². The Morgan fingerprint density at radius 3 is 2.57 bits per heavy atom. The lowest BCUT2D eigenvalue weighted by Gasteiger charge is -2.09. The molecule has 3 N–H and O–H groups in total. The highest BCUT2D eigenvalue weighted by Gasteiger charge is 2.14. The summed E-state index contributed by atoms with van der Waals surface area (Å²) < 4.78 is 11.2. The molecule has 2 aromatic carbocycles. The molecule has 0 bridgehead atoms. The molecule has 2 aromatic heterocycles. The summed E-state index contributed by atoms with van der Waals surface area (Å²) in [5.41, 5.74) is 0.956. The van der Waals surface area contributed by atoms with Gasteiger partial charge in [-0.1, -0.05) is 12.1 Å². The first kappa shape index (κ1) is 23.5. The number of nitrogens with zero attached hydrogens (tertiary/aromatic N) is 1. The average Bonchev–Trinajstić information content (AvgIpc) is 2.88. The van der Waals surface area contributed by atoms with Gasteiger partial charge in [0.2, 0.25) is 17.2 Å². The molecule has 0 radical (unpaired) electrons. The molecule has 0 saturated carbocycles. The lowest BCUT2D eigenvalue weighted by atomic mass is 10.1. The van der Waals surface area contributed by atoms with Crippen molar-refractivity contribution in [1.29, 1.82) is 0 Å². The molecule has 0 aliphatic rings. The van der Waals surface area contributed by atoms with Gasteiger partial charge in [0.05, 0.1) is 13.2 Å². The van der Waals surface area contributed by atoms with Gasteiger partial charge >= 0.3 is 0 Å². The normalized spacial score (nSPS) is 10.5. The minimum atomic E-state index is -0.623. The second-order valence-electron chi connectivity index (χ2n) is 7.55. The summed E-state index contributed by atoms with van der Waals surface area (Å²) in [5, 5.41) is 5.61. The molecule has 9 nitrogen and oxygen atoms in total. The molecular weight excluding hydrogens is 448 g/mol. The minimum absolute atomic E-state index is 0.0540. The van der Waals surface area contributed by atoms with Crippen LogP contribution in [-0.4, -0.2) is 34.9 Å². The van der Waals surface area contributed by atoms with E-state index < -0.39 is 17.2 Å². The summed E-state index contributed by atoms with van der Waals surface area (Å²) in [5.74, 6) is 0.711. The van der Waals surface area contributed by atoms with Crippen LogP contribution in [0.3, 0.4) is 0 Å². The number of carbonyl (C=O) groups is 2. The van der Waals surface area contributed by atoms with Crippen molar-refractivity contribution < 1.29 is 19.1 Å². The summed E-state index contributed by atoms with van der Waals surface area (Å²) in [6.45, 7) is 2.44. The van der Waals surface area contributed by atoms with Crippen molar-refractivity contribution in [3.8, 4) is 17.4 Å². The van der Waals surface area contributed by atoms with Crippen LogP contribution < -0.4 is 25.5 Å². The van der Waals surface area contributed by atoms with Crippen LogP contribution in [0.5, 0.6) is 17.4 Å². The fourth-order valence-corrected chi connectivity index (χ4v) is 3.36. The number of rotatable bonds is 9. The third-order valence-electron chi connectivity index (χ3n) is 5.09. The zero-order valence-electron chi connectivity index (χ0n) is 19.0. The van der Waals surface area contributed by atoms with Crippen LogP contribution in [0.1, 0.15) is 22.8 Å². The van der Waals surface area contributed by atoms with E-state index in [4.69, 9.17) is 9.47 Å². The second-order valence-corrected chi connectivity index (χ2v) is 7.55. The van der Waals surface area contributed by atoms with Crippen LogP contribution in [0.2, 0.25) is 0 Å². The zero-order chi connectivity index (χ0) is 24.6. The largest absolute Gasteiger partial charge is 0.494 e. The van der Waals surface area contributed by atoms with E-state index in [1.807, 2.05) is 19.1 Å². The van der Waals surface area contributed by atoms with Gasteiger partial charge in [0.1, 0.15) is 17.1 Å². The number of ether oxygens (including phenoxy) is 2. The average molecular weight is 473 g/mol. The van der Waals surface area contributed by atoms with Crippen LogP contribution in [0.25, 0.3) is 10.9 Å². The Morgan fingerprint density at radius 2 is 1.77 bits per heavy atom. The number of aromatic amines is 1. The molecule has 0 aliphatic carbocycles. The SMILES string of the molecule is CCOc1ccc(Oc2cc(CNC(=O)CNC(=O)c3c[nH]c4ccccc4c3=O)ccn2)cc1. The Balaban J connectivity index is 1.29. The predicted octanol–water partition coefficient (Wildman–Crippen LogP) is 3.16. The number of fused-ring (bicyclic) bond motifs is 1. The van der Waals surface area contributed by atoms with Gasteiger partial charge in [-0.15, -0.1) is 0 Å². The topological polar surface area (TPSA) is 122 Å². The molecule has 0 saturated heterocycles. The summed E-state index contributed by atoms with van der Waals surface area (Å²) in [7, 11) is 0. The van der Waals surface area contributed by atoms with Crippen molar-refractivity contribution in [1.82, 2.24) is 20.6 Å². The highest BCUT2D eigenvalue weighted by Crippen LogP contribution is 2.23. The third-order valence-corrected chi connectivity index (χ3v) is 5.09. The van der Waals surface area contributed by atoms with Crippen LogP contribution in [0, 0.1) is 0 Å². The number of carbonyl (C=O) groups excluding carboxylic acids is 2. The maximum Gasteiger partial charge on any atom is 0.257 e. The minimum Gasteiger partial charge on any atom is -0.494 e. The number of benzene rings is 2. The van der Waals surface area contributed by atoms with E-state index in [2.05, 4.69) is 20.6 Å². The van der Waals surface area contributed by atoms with Gasteiger partial charge in [-0.25, -0.2) is 4.98 Å². The van der Waals surface area contributed by atoms with Gasteiger partial charge in [0, 0.05) is 35.9 Å². The fourth-order valence-electron chi connectivity index (χ4n) is 3.36. The Morgan fingerprint density at radius 1 is 1.00 bits per heavy atom. The zero-order valence-corrected chi connectivity index (χ0v) is 19.0. The van der Waals surface area contributed by atoms with E-state index >= 15 is 0 Å². The second kappa shape index (κ2) is 11.0. The van der Waals surface area contributed by atoms with Gasteiger partial charge in [0.25, 0.3) is 5.91 Å². The lowest BCUT2D eigenvalue weighted by molar-refractivity contribution is -0.120. The molecule has 0 unspecified atom stereocenters. The molecule has 4 aromatic rings. The Kier molecular flexibility index (Phi) is 7.37. The first-order valence-corrected chi connectivity index (χ1v) is 11.0. The maximum absolute atomic E-state index is 12.5.